The molecule has 0 saturated heterocycles. The summed E-state index contributed by atoms with van der Waals surface area (Å²) >= 11 is 0. The second kappa shape index (κ2) is 15.3. The predicted octanol–water partition coefficient (Wildman–Crippen LogP) is 5.56. The van der Waals surface area contributed by atoms with Gasteiger partial charge < -0.3 is 24.6 Å². The van der Waals surface area contributed by atoms with E-state index in [4.69, 9.17) is 11.2 Å². The summed E-state index contributed by atoms with van der Waals surface area (Å²) in [5, 5.41) is 12.6. The van der Waals surface area contributed by atoms with Crippen molar-refractivity contribution in [3.05, 3.63) is 80.5 Å². The number of amides is 1. The zero-order chi connectivity index (χ0) is 35.2. The van der Waals surface area contributed by atoms with Crippen LogP contribution in [0.2, 0.25) is 0 Å². The predicted molar refractivity (Wildman–Crippen MR) is 173 cm³/mol. The molecule has 3 aromatic rings. The van der Waals surface area contributed by atoms with Crippen molar-refractivity contribution in [2.75, 3.05) is 27.7 Å². The van der Waals surface area contributed by atoms with Gasteiger partial charge >= 0.3 is 12.1 Å². The quantitative estimate of drug-likeness (QED) is 0.232. The zero-order valence-electron chi connectivity index (χ0n) is 27.7. The molecule has 0 spiro atoms. The number of nitrogens with zero attached hydrogens (tertiary/aromatic N) is 3. The highest BCUT2D eigenvalue weighted by atomic mass is 19.4. The van der Waals surface area contributed by atoms with Gasteiger partial charge in [-0.3, -0.25) is 14.4 Å². The number of carboxylic acid groups (broad SMARTS) is 1. The number of methoxy groups -OCH3 is 1. The van der Waals surface area contributed by atoms with Crippen molar-refractivity contribution in [3.8, 4) is 29.2 Å². The summed E-state index contributed by atoms with van der Waals surface area (Å²) in [6.07, 6.45) is 3.06. The number of carboxylic acids is 1. The van der Waals surface area contributed by atoms with E-state index in [-0.39, 0.29) is 30.9 Å². The first kappa shape index (κ1) is 36.8. The van der Waals surface area contributed by atoms with Gasteiger partial charge in [-0.05, 0) is 92.6 Å². The van der Waals surface area contributed by atoms with E-state index < -0.39 is 47.7 Å². The minimum Gasteiger partial charge on any atom is -0.496 e. The van der Waals surface area contributed by atoms with E-state index in [0.717, 1.165) is 27.5 Å². The summed E-state index contributed by atoms with van der Waals surface area (Å²) in [5.74, 6) is 1.08. The van der Waals surface area contributed by atoms with Crippen LogP contribution in [0.1, 0.15) is 72.3 Å². The summed E-state index contributed by atoms with van der Waals surface area (Å²) in [7, 11) is 4.97. The van der Waals surface area contributed by atoms with Crippen molar-refractivity contribution in [2.45, 2.75) is 65.2 Å². The number of nitrogens with one attached hydrogen (secondary N) is 1. The van der Waals surface area contributed by atoms with Crippen LogP contribution in [0.3, 0.4) is 0 Å². The van der Waals surface area contributed by atoms with Crippen LogP contribution < -0.4 is 15.6 Å². The van der Waals surface area contributed by atoms with E-state index >= 15 is 0 Å². The van der Waals surface area contributed by atoms with Crippen molar-refractivity contribution in [1.29, 1.82) is 0 Å². The average Bonchev–Trinajstić information content (AvgIpc) is 2.98. The van der Waals surface area contributed by atoms with Crippen LogP contribution >= 0.6 is 0 Å². The topological polar surface area (TPSA) is 114 Å². The van der Waals surface area contributed by atoms with E-state index in [1.807, 2.05) is 39.8 Å². The van der Waals surface area contributed by atoms with Gasteiger partial charge in [0.2, 0.25) is 5.91 Å². The number of likely N-dealkylation sites (N-methyl/N-ethyl adjacent to an activating group) is 1. The second-order valence-electron chi connectivity index (χ2n) is 12.2. The van der Waals surface area contributed by atoms with Gasteiger partial charge in [-0.2, -0.15) is 13.2 Å². The first-order valence-corrected chi connectivity index (χ1v) is 15.1. The van der Waals surface area contributed by atoms with E-state index in [9.17, 15) is 32.7 Å². The second-order valence-corrected chi connectivity index (χ2v) is 12.2. The van der Waals surface area contributed by atoms with Gasteiger partial charge in [0.15, 0.2) is 0 Å². The minimum atomic E-state index is -4.77. The van der Waals surface area contributed by atoms with Crippen LogP contribution in [0.4, 0.5) is 13.2 Å². The number of rotatable bonds is 13. The number of carbonyl (C=O) groups is 2. The highest BCUT2D eigenvalue weighted by Gasteiger charge is 2.36. The van der Waals surface area contributed by atoms with Crippen LogP contribution in [0.15, 0.2) is 41.5 Å². The van der Waals surface area contributed by atoms with Gasteiger partial charge in [0, 0.05) is 30.6 Å². The fourth-order valence-corrected chi connectivity index (χ4v) is 5.57. The molecule has 2 atom stereocenters. The maximum absolute atomic E-state index is 14.0. The van der Waals surface area contributed by atoms with Gasteiger partial charge in [0.25, 0.3) is 5.56 Å². The molecular formula is C35H41F3N4O5. The molecule has 9 nitrogen and oxygen atoms in total. The van der Waals surface area contributed by atoms with Crippen LogP contribution in [0, 0.1) is 32.1 Å². The fraction of sp³-hybridized carbons (Fsp3) is 0.429. The molecule has 2 aromatic heterocycles. The van der Waals surface area contributed by atoms with E-state index in [2.05, 4.69) is 16.2 Å². The van der Waals surface area contributed by atoms with Gasteiger partial charge in [0.05, 0.1) is 25.1 Å². The van der Waals surface area contributed by atoms with E-state index in [0.29, 0.717) is 28.6 Å². The normalized spacial score (nSPS) is 12.9. The lowest BCUT2D eigenvalue weighted by atomic mass is 9.91. The van der Waals surface area contributed by atoms with Crippen molar-refractivity contribution in [3.63, 3.8) is 0 Å². The van der Waals surface area contributed by atoms with Crippen molar-refractivity contribution in [2.24, 2.45) is 5.92 Å². The van der Waals surface area contributed by atoms with Crippen molar-refractivity contribution >= 4 is 11.9 Å². The van der Waals surface area contributed by atoms with Gasteiger partial charge in [0.1, 0.15) is 17.5 Å². The Bertz CT molecular complexity index is 1720. The summed E-state index contributed by atoms with van der Waals surface area (Å²) in [5.41, 5.74) is 1.39. The van der Waals surface area contributed by atoms with Gasteiger partial charge in [-0.25, -0.2) is 4.98 Å². The largest absolute Gasteiger partial charge is 0.496 e. The van der Waals surface area contributed by atoms with Crippen LogP contribution in [0.25, 0.3) is 11.1 Å². The lowest BCUT2D eigenvalue weighted by molar-refractivity contribution is -0.139. The number of alkyl halides is 3. The molecular weight excluding hydrogens is 613 g/mol. The smallest absolute Gasteiger partial charge is 0.416 e. The molecule has 12 heteroatoms. The number of aliphatic carboxylic acids is 1. The molecule has 0 saturated carbocycles. The number of aromatic nitrogens is 2. The molecule has 0 aliphatic rings. The molecule has 0 radical (unpaired) electrons. The number of pyridine rings is 2. The lowest BCUT2D eigenvalue weighted by Crippen LogP contribution is -2.40. The van der Waals surface area contributed by atoms with Crippen LogP contribution in [0.5, 0.6) is 5.75 Å². The summed E-state index contributed by atoms with van der Waals surface area (Å²) in [6, 6.07) is 3.53. The Morgan fingerprint density at radius 3 is 2.43 bits per heavy atom. The molecule has 0 unspecified atom stereocenters. The monoisotopic (exact) mass is 654 g/mol. The maximum Gasteiger partial charge on any atom is 0.416 e. The highest BCUT2D eigenvalue weighted by Crippen LogP contribution is 2.36. The third kappa shape index (κ3) is 9.01. The maximum atomic E-state index is 14.0. The molecule has 47 heavy (non-hydrogen) atoms. The SMILES string of the molecule is C#Cc1ncc([C@H](CC(=O)O)NC(=O)[C@@H](CC(C)C)n2cc(CCN(C)C)c(C(F)(F)F)cc2=O)cc1-c1c(C)ccc(OC)c1C. The zero-order valence-corrected chi connectivity index (χ0v) is 27.7. The van der Waals surface area contributed by atoms with Gasteiger partial charge in [-0.1, -0.05) is 19.9 Å². The molecule has 3 rings (SSSR count). The number of carbonyl (C=O) groups excluding carboxylic acids is 1. The first-order valence-electron chi connectivity index (χ1n) is 15.1. The number of ether oxygens (including phenoxy) is 1. The first-order chi connectivity index (χ1) is 22.0. The van der Waals surface area contributed by atoms with E-state index in [1.54, 1.807) is 25.1 Å². The number of hydrogen-bond donors (Lipinski definition) is 2. The molecule has 1 amide bonds. The van der Waals surface area contributed by atoms with Crippen molar-refractivity contribution < 1.29 is 32.6 Å². The molecule has 0 bridgehead atoms. The highest BCUT2D eigenvalue weighted by molar-refractivity contribution is 5.82. The third-order valence-corrected chi connectivity index (χ3v) is 7.89. The molecule has 0 aliphatic heterocycles. The number of hydrogen-bond acceptors (Lipinski definition) is 6. The standard InChI is InChI=1S/C35H41F3N4O5/c1-9-27-25(33-21(4)10-11-30(47-8)22(33)5)15-24(18-39-27)28(17-32(44)45)40-34(46)29(14-20(2)3)42-19-23(12-13-41(6)7)26(16-31(42)43)35(36,37)38/h1,10-11,15-16,18-20,28-29H,12-14,17H2,2-8H3,(H,40,46)(H,44,45)/t28-,29+/m0/s1. The fourth-order valence-electron chi connectivity index (χ4n) is 5.57. The van der Waals surface area contributed by atoms with Crippen molar-refractivity contribution in [1.82, 2.24) is 19.8 Å². The number of benzene rings is 1. The van der Waals surface area contributed by atoms with Crippen LogP contribution in [-0.2, 0) is 22.2 Å². The Hall–Kier alpha value is -4.63. The van der Waals surface area contributed by atoms with Crippen LogP contribution in [-0.4, -0.2) is 59.2 Å². The molecule has 1 aromatic carbocycles. The number of terminal acetylenes is 1. The Morgan fingerprint density at radius 2 is 1.87 bits per heavy atom. The Morgan fingerprint density at radius 1 is 1.19 bits per heavy atom. The molecule has 2 heterocycles. The Labute approximate surface area is 272 Å². The Kier molecular flexibility index (Phi) is 12.0. The number of aryl methyl sites for hydroxylation is 1. The third-order valence-electron chi connectivity index (χ3n) is 7.89. The number of halogens is 3. The minimum absolute atomic E-state index is 0.0150. The molecule has 0 fully saturated rings. The lowest BCUT2D eigenvalue weighted by Gasteiger charge is -2.26. The molecule has 0 aliphatic carbocycles. The summed E-state index contributed by atoms with van der Waals surface area (Å²) in [6.45, 7) is 7.64. The summed E-state index contributed by atoms with van der Waals surface area (Å²) < 4.78 is 48.3. The molecule has 252 valence electrons. The summed E-state index contributed by atoms with van der Waals surface area (Å²) in [4.78, 5) is 45.3. The molecule has 2 N–H and O–H groups in total. The van der Waals surface area contributed by atoms with E-state index in [1.165, 1.54) is 13.3 Å². The Balaban J connectivity index is 2.14. The average molecular weight is 655 g/mol. The van der Waals surface area contributed by atoms with Gasteiger partial charge in [-0.15, -0.1) is 6.42 Å².